The number of aliphatic carboxylic acids is 1. The SMILES string of the molecule is CCCCc1nn([C@H]2C[C@H]3C(=O)N[C@@]4(C(=O)O)C[C@@H]4/C=C\CCCCC[C@@H](NC(=O)OC(C)(C)C)C(=O)N3C2)nc1-c1ccccc1. The van der Waals surface area contributed by atoms with Gasteiger partial charge in [-0.3, -0.25) is 9.59 Å². The molecule has 0 bridgehead atoms. The van der Waals surface area contributed by atoms with Crippen molar-refractivity contribution in [1.82, 2.24) is 30.5 Å². The lowest BCUT2D eigenvalue weighted by Crippen LogP contribution is -2.56. The summed E-state index contributed by atoms with van der Waals surface area (Å²) >= 11 is 0. The topological polar surface area (TPSA) is 156 Å². The number of rotatable bonds is 7. The monoisotopic (exact) mass is 648 g/mol. The largest absolute Gasteiger partial charge is 0.479 e. The molecule has 1 aromatic carbocycles. The number of aromatic nitrogens is 3. The first-order valence-corrected chi connectivity index (χ1v) is 16.9. The highest BCUT2D eigenvalue weighted by molar-refractivity contribution is 5.96. The van der Waals surface area contributed by atoms with E-state index in [0.717, 1.165) is 55.5 Å². The quantitative estimate of drug-likeness (QED) is 0.362. The summed E-state index contributed by atoms with van der Waals surface area (Å²) in [6, 6.07) is 7.46. The fourth-order valence-electron chi connectivity index (χ4n) is 6.54. The Morgan fingerprint density at radius 3 is 2.60 bits per heavy atom. The standard InChI is InChI=1S/C35H48N6O6/c1-5-6-18-26-29(23-15-11-10-12-16-23)39-41(38-26)25-20-28-30(42)37-35(32(44)45)21-24(35)17-13-8-7-9-14-19-27(31(43)40(28)22-25)36-33(46)47-34(2,3)4/h10-13,15-17,24-25,27-28H,5-9,14,18-22H2,1-4H3,(H,36,46)(H,37,42)(H,44,45)/b17-13-/t24-,25-,27+,28-,35-/m0/s1. The van der Waals surface area contributed by atoms with Gasteiger partial charge in [-0.05, 0) is 59.3 Å². The molecule has 3 N–H and O–H groups in total. The lowest BCUT2D eigenvalue weighted by atomic mass is 10.0. The van der Waals surface area contributed by atoms with Crippen LogP contribution in [0.3, 0.4) is 0 Å². The van der Waals surface area contributed by atoms with E-state index in [-0.39, 0.29) is 18.9 Å². The van der Waals surface area contributed by atoms with Crippen LogP contribution >= 0.6 is 0 Å². The molecule has 3 heterocycles. The number of amides is 3. The van der Waals surface area contributed by atoms with Crippen molar-refractivity contribution >= 4 is 23.9 Å². The number of benzene rings is 1. The number of aryl methyl sites for hydroxylation is 1. The Morgan fingerprint density at radius 2 is 1.89 bits per heavy atom. The summed E-state index contributed by atoms with van der Waals surface area (Å²) in [5, 5.41) is 25.5. The second-order valence-corrected chi connectivity index (χ2v) is 14.0. The predicted molar refractivity (Wildman–Crippen MR) is 175 cm³/mol. The molecule has 0 unspecified atom stereocenters. The number of nitrogens with zero attached hydrogens (tertiary/aromatic N) is 4. The van der Waals surface area contributed by atoms with Crippen molar-refractivity contribution in [3.05, 3.63) is 48.2 Å². The van der Waals surface area contributed by atoms with Crippen LogP contribution in [0.25, 0.3) is 11.3 Å². The first-order chi connectivity index (χ1) is 22.4. The van der Waals surface area contributed by atoms with E-state index in [2.05, 4.69) is 17.6 Å². The lowest BCUT2D eigenvalue weighted by molar-refractivity contribution is -0.145. The van der Waals surface area contributed by atoms with Gasteiger partial charge in [-0.15, -0.1) is 0 Å². The van der Waals surface area contributed by atoms with Crippen LogP contribution in [-0.4, -0.2) is 78.6 Å². The van der Waals surface area contributed by atoms with Gasteiger partial charge in [0.2, 0.25) is 11.8 Å². The van der Waals surface area contributed by atoms with E-state index in [9.17, 15) is 24.3 Å². The second kappa shape index (κ2) is 14.3. The number of hydrogen-bond donors (Lipinski definition) is 3. The highest BCUT2D eigenvalue weighted by atomic mass is 16.6. The van der Waals surface area contributed by atoms with Crippen LogP contribution in [0, 0.1) is 5.92 Å². The number of nitrogens with one attached hydrogen (secondary N) is 2. The fraction of sp³-hybridized carbons (Fsp3) is 0.600. The van der Waals surface area contributed by atoms with Gasteiger partial charge in [0.1, 0.15) is 28.9 Å². The lowest BCUT2D eigenvalue weighted by Gasteiger charge is -2.30. The van der Waals surface area contributed by atoms with E-state index in [1.54, 1.807) is 25.6 Å². The number of unbranched alkanes of at least 4 members (excludes halogenated alkanes) is 1. The molecule has 1 aromatic heterocycles. The molecule has 5 rings (SSSR count). The highest BCUT2D eigenvalue weighted by Crippen LogP contribution is 2.45. The van der Waals surface area contributed by atoms with Crippen LogP contribution in [0.4, 0.5) is 4.79 Å². The Morgan fingerprint density at radius 1 is 1.13 bits per heavy atom. The van der Waals surface area contributed by atoms with Crippen molar-refractivity contribution in [2.24, 2.45) is 5.92 Å². The van der Waals surface area contributed by atoms with Gasteiger partial charge in [-0.1, -0.05) is 68.7 Å². The van der Waals surface area contributed by atoms with Crippen LogP contribution in [0.15, 0.2) is 42.5 Å². The maximum absolute atomic E-state index is 14.3. The van der Waals surface area contributed by atoms with Gasteiger partial charge in [0.05, 0.1) is 11.7 Å². The Kier molecular flexibility index (Phi) is 10.4. The van der Waals surface area contributed by atoms with E-state index in [1.165, 1.54) is 4.90 Å². The summed E-state index contributed by atoms with van der Waals surface area (Å²) in [6.07, 6.45) is 9.79. The van der Waals surface area contributed by atoms with Crippen molar-refractivity contribution in [2.45, 2.75) is 121 Å². The first-order valence-electron chi connectivity index (χ1n) is 16.9. The van der Waals surface area contributed by atoms with Crippen LogP contribution in [0.1, 0.15) is 97.2 Å². The minimum atomic E-state index is -1.41. The van der Waals surface area contributed by atoms with Gasteiger partial charge in [0, 0.05) is 24.4 Å². The third-order valence-corrected chi connectivity index (χ3v) is 9.17. The molecule has 5 atom stereocenters. The van der Waals surface area contributed by atoms with Gasteiger partial charge in [-0.25, -0.2) is 9.59 Å². The summed E-state index contributed by atoms with van der Waals surface area (Å²) in [5.41, 5.74) is 0.377. The number of ether oxygens (including phenoxy) is 1. The maximum Gasteiger partial charge on any atom is 0.408 e. The van der Waals surface area contributed by atoms with Crippen LogP contribution in [0.2, 0.25) is 0 Å². The third kappa shape index (κ3) is 8.02. The second-order valence-electron chi connectivity index (χ2n) is 14.0. The van der Waals surface area contributed by atoms with E-state index in [4.69, 9.17) is 14.9 Å². The average molecular weight is 649 g/mol. The Balaban J connectivity index is 1.48. The van der Waals surface area contributed by atoms with E-state index in [0.29, 0.717) is 19.3 Å². The molecule has 12 nitrogen and oxygen atoms in total. The van der Waals surface area contributed by atoms with Gasteiger partial charge < -0.3 is 25.4 Å². The van der Waals surface area contributed by atoms with Crippen molar-refractivity contribution in [3.63, 3.8) is 0 Å². The number of alkyl carbamates (subject to hydrolysis) is 1. The zero-order valence-corrected chi connectivity index (χ0v) is 27.9. The zero-order chi connectivity index (χ0) is 33.8. The molecule has 254 valence electrons. The van der Waals surface area contributed by atoms with Gasteiger partial charge in [0.15, 0.2) is 0 Å². The minimum absolute atomic E-state index is 0.128. The van der Waals surface area contributed by atoms with E-state index in [1.807, 2.05) is 42.5 Å². The Hall–Kier alpha value is -4.22. The summed E-state index contributed by atoms with van der Waals surface area (Å²) in [4.78, 5) is 56.7. The molecule has 1 saturated heterocycles. The van der Waals surface area contributed by atoms with Gasteiger partial charge in [0.25, 0.3) is 0 Å². The molecule has 12 heteroatoms. The van der Waals surface area contributed by atoms with Crippen LogP contribution in [-0.2, 0) is 25.5 Å². The number of carbonyl (C=O) groups excluding carboxylic acids is 3. The van der Waals surface area contributed by atoms with Crippen LogP contribution < -0.4 is 10.6 Å². The summed E-state index contributed by atoms with van der Waals surface area (Å²) < 4.78 is 5.49. The van der Waals surface area contributed by atoms with Crippen molar-refractivity contribution in [3.8, 4) is 11.3 Å². The Labute approximate surface area is 276 Å². The van der Waals surface area contributed by atoms with Gasteiger partial charge in [-0.2, -0.15) is 15.0 Å². The predicted octanol–water partition coefficient (Wildman–Crippen LogP) is 4.80. The summed E-state index contributed by atoms with van der Waals surface area (Å²) in [5.74, 6) is -2.36. The molecule has 0 spiro atoms. The minimum Gasteiger partial charge on any atom is -0.479 e. The average Bonchev–Trinajstić information content (AvgIpc) is 3.34. The molecular weight excluding hydrogens is 600 g/mol. The number of carboxylic acid groups (broad SMARTS) is 1. The number of fused-ring (bicyclic) bond motifs is 2. The van der Waals surface area contributed by atoms with E-state index < -0.39 is 53.1 Å². The Bertz CT molecular complexity index is 1480. The summed E-state index contributed by atoms with van der Waals surface area (Å²) in [7, 11) is 0. The highest BCUT2D eigenvalue weighted by Gasteiger charge is 2.61. The van der Waals surface area contributed by atoms with Crippen LogP contribution in [0.5, 0.6) is 0 Å². The molecule has 3 amide bonds. The number of carboxylic acids is 1. The number of allylic oxidation sites excluding steroid dienone is 1. The zero-order valence-electron chi connectivity index (χ0n) is 27.9. The molecule has 2 fully saturated rings. The molecular formula is C35H48N6O6. The fourth-order valence-corrected chi connectivity index (χ4v) is 6.54. The first kappa shape index (κ1) is 34.1. The van der Waals surface area contributed by atoms with Crippen molar-refractivity contribution in [1.29, 1.82) is 0 Å². The smallest absolute Gasteiger partial charge is 0.408 e. The molecule has 47 heavy (non-hydrogen) atoms. The van der Waals surface area contributed by atoms with Crippen molar-refractivity contribution in [2.75, 3.05) is 6.54 Å². The molecule has 0 radical (unpaired) electrons. The number of hydrogen-bond acceptors (Lipinski definition) is 7. The molecule has 1 saturated carbocycles. The summed E-state index contributed by atoms with van der Waals surface area (Å²) in [6.45, 7) is 7.50. The van der Waals surface area contributed by atoms with Gasteiger partial charge >= 0.3 is 12.1 Å². The normalized spacial score (nSPS) is 27.4. The molecule has 3 aliphatic rings. The van der Waals surface area contributed by atoms with E-state index >= 15 is 0 Å². The molecule has 2 aromatic rings. The van der Waals surface area contributed by atoms with Crippen molar-refractivity contribution < 1.29 is 29.0 Å². The molecule has 1 aliphatic carbocycles. The molecule has 2 aliphatic heterocycles. The number of carbonyl (C=O) groups is 4. The third-order valence-electron chi connectivity index (χ3n) is 9.17. The maximum atomic E-state index is 14.3.